The van der Waals surface area contributed by atoms with Crippen LogP contribution < -0.4 is 3.58 Å². The second kappa shape index (κ2) is 4.94. The minimum absolute atomic E-state index is 0.809. The van der Waals surface area contributed by atoms with Crippen molar-refractivity contribution in [1.29, 1.82) is 0 Å². The van der Waals surface area contributed by atoms with Crippen LogP contribution in [0.25, 0.3) is 11.3 Å². The van der Waals surface area contributed by atoms with Gasteiger partial charge >= 0.3 is 111 Å². The van der Waals surface area contributed by atoms with E-state index in [4.69, 9.17) is 11.6 Å². The molecule has 0 fully saturated rings. The van der Waals surface area contributed by atoms with Gasteiger partial charge in [-0.05, 0) is 0 Å². The van der Waals surface area contributed by atoms with E-state index in [1.807, 2.05) is 18.3 Å². The van der Waals surface area contributed by atoms with E-state index < -0.39 is 18.4 Å². The van der Waals surface area contributed by atoms with Gasteiger partial charge in [0.1, 0.15) is 0 Å². The number of rotatable bonds is 2. The van der Waals surface area contributed by atoms with Crippen LogP contribution in [0.5, 0.6) is 0 Å². The van der Waals surface area contributed by atoms with Crippen LogP contribution >= 0.6 is 11.6 Å². The average molecular weight is 353 g/mol. The summed E-state index contributed by atoms with van der Waals surface area (Å²) in [6, 6.07) is 5.96. The maximum absolute atomic E-state index is 6.49. The number of hydrogen-bond acceptors (Lipinski definition) is 2. The van der Waals surface area contributed by atoms with E-state index >= 15 is 0 Å². The van der Waals surface area contributed by atoms with Crippen LogP contribution in [0.2, 0.25) is 19.8 Å². The maximum atomic E-state index is 6.49. The molecule has 0 radical (unpaired) electrons. The Kier molecular flexibility index (Phi) is 3.73. The normalized spacial score (nSPS) is 11.5. The van der Waals surface area contributed by atoms with Gasteiger partial charge in [0.2, 0.25) is 0 Å². The topological polar surface area (TPSA) is 25.8 Å². The van der Waals surface area contributed by atoms with Crippen LogP contribution in [0, 0.1) is 0 Å². The van der Waals surface area contributed by atoms with Crippen LogP contribution in [-0.2, 0) is 0 Å². The first-order chi connectivity index (χ1) is 8.00. The molecule has 0 saturated heterocycles. The molecule has 2 aromatic rings. The summed E-state index contributed by atoms with van der Waals surface area (Å²) < 4.78 is 1.31. The standard InChI is InChI=1S/C10H6ClN2.3CH3.Sn/c11-9-4-2-6-13-10(9)8-3-1-5-12-7-8;;;;/h1-3,5-7H;3*1H3;. The van der Waals surface area contributed by atoms with Crippen molar-refractivity contribution in [2.24, 2.45) is 0 Å². The molecular weight excluding hydrogens is 338 g/mol. The van der Waals surface area contributed by atoms with Crippen molar-refractivity contribution in [3.05, 3.63) is 41.8 Å². The molecule has 0 atom stereocenters. The summed E-state index contributed by atoms with van der Waals surface area (Å²) in [5.41, 5.74) is 1.83. The summed E-state index contributed by atoms with van der Waals surface area (Å²) in [4.78, 5) is 15.5. The Bertz CT molecular complexity index is 521. The first kappa shape index (κ1) is 12.8. The Balaban J connectivity index is 2.58. The van der Waals surface area contributed by atoms with Crippen LogP contribution in [0.4, 0.5) is 0 Å². The molecule has 0 amide bonds. The van der Waals surface area contributed by atoms with E-state index in [2.05, 4.69) is 30.9 Å². The predicted molar refractivity (Wildman–Crippen MR) is 75.5 cm³/mol. The van der Waals surface area contributed by atoms with Crippen molar-refractivity contribution in [3.8, 4) is 11.3 Å². The van der Waals surface area contributed by atoms with Crippen molar-refractivity contribution in [3.63, 3.8) is 0 Å². The van der Waals surface area contributed by atoms with Gasteiger partial charge in [0.05, 0.1) is 0 Å². The summed E-state index contributed by atoms with van der Waals surface area (Å²) in [5.74, 6) is 0. The summed E-state index contributed by atoms with van der Waals surface area (Å²) in [6.45, 7) is 0. The molecule has 2 rings (SSSR count). The average Bonchev–Trinajstić information content (AvgIpc) is 2.29. The van der Waals surface area contributed by atoms with Crippen molar-refractivity contribution in [2.75, 3.05) is 0 Å². The third-order valence-corrected chi connectivity index (χ3v) is 9.27. The second-order valence-corrected chi connectivity index (χ2v) is 19.8. The summed E-state index contributed by atoms with van der Waals surface area (Å²) >= 11 is 4.32. The third-order valence-electron chi connectivity index (χ3n) is 2.63. The van der Waals surface area contributed by atoms with E-state index in [1.165, 1.54) is 3.58 Å². The van der Waals surface area contributed by atoms with Crippen LogP contribution in [0.15, 0.2) is 36.8 Å². The van der Waals surface area contributed by atoms with Gasteiger partial charge in [-0.1, -0.05) is 0 Å². The molecular formula is C13H15ClN2Sn. The molecule has 4 heteroatoms. The summed E-state index contributed by atoms with van der Waals surface area (Å²) in [5, 5.41) is 0.809. The summed E-state index contributed by atoms with van der Waals surface area (Å²) in [7, 11) is 0. The van der Waals surface area contributed by atoms with Crippen molar-refractivity contribution >= 4 is 33.6 Å². The number of pyridine rings is 2. The van der Waals surface area contributed by atoms with Gasteiger partial charge < -0.3 is 0 Å². The Morgan fingerprint density at radius 1 is 1.12 bits per heavy atom. The van der Waals surface area contributed by atoms with E-state index in [-0.39, 0.29) is 0 Å². The fraction of sp³-hybridized carbons (Fsp3) is 0.231. The van der Waals surface area contributed by atoms with Crippen LogP contribution in [-0.4, -0.2) is 28.3 Å². The van der Waals surface area contributed by atoms with Gasteiger partial charge in [-0.3, -0.25) is 0 Å². The SMILES string of the molecule is [CH3][Sn]([CH3])([CH3])[c]1ccnc(-c2cccnc2)c1Cl. The molecule has 17 heavy (non-hydrogen) atoms. The Morgan fingerprint density at radius 2 is 1.88 bits per heavy atom. The Labute approximate surface area is 111 Å². The van der Waals surface area contributed by atoms with Gasteiger partial charge in [-0.25, -0.2) is 0 Å². The monoisotopic (exact) mass is 354 g/mol. The number of halogens is 1. The quantitative estimate of drug-likeness (QED) is 0.774. The predicted octanol–water partition coefficient (Wildman–Crippen LogP) is 3.34. The molecule has 2 heterocycles. The molecule has 0 aliphatic heterocycles. The van der Waals surface area contributed by atoms with Crippen molar-refractivity contribution in [1.82, 2.24) is 9.97 Å². The molecule has 0 aromatic carbocycles. The van der Waals surface area contributed by atoms with E-state index in [0.717, 1.165) is 16.3 Å². The van der Waals surface area contributed by atoms with Crippen molar-refractivity contribution < 1.29 is 0 Å². The zero-order valence-electron chi connectivity index (χ0n) is 10.2. The van der Waals surface area contributed by atoms with Gasteiger partial charge in [0.15, 0.2) is 0 Å². The number of nitrogens with zero attached hydrogens (tertiary/aromatic N) is 2. The van der Waals surface area contributed by atoms with Crippen LogP contribution in [0.3, 0.4) is 0 Å². The fourth-order valence-corrected chi connectivity index (χ4v) is 7.71. The minimum atomic E-state index is -2.17. The Hall–Kier alpha value is -0.611. The molecule has 0 N–H and O–H groups in total. The summed E-state index contributed by atoms with van der Waals surface area (Å²) in [6.07, 6.45) is 5.41. The molecule has 2 nitrogen and oxygen atoms in total. The molecule has 0 unspecified atom stereocenters. The van der Waals surface area contributed by atoms with Gasteiger partial charge in [-0.2, -0.15) is 0 Å². The van der Waals surface area contributed by atoms with Crippen LogP contribution in [0.1, 0.15) is 0 Å². The zero-order valence-corrected chi connectivity index (χ0v) is 13.8. The first-order valence-corrected chi connectivity index (χ1v) is 15.9. The van der Waals surface area contributed by atoms with Gasteiger partial charge in [-0.15, -0.1) is 0 Å². The molecule has 2 aromatic heterocycles. The zero-order chi connectivity index (χ0) is 12.5. The van der Waals surface area contributed by atoms with E-state index in [9.17, 15) is 0 Å². The van der Waals surface area contributed by atoms with E-state index in [1.54, 1.807) is 12.4 Å². The Morgan fingerprint density at radius 3 is 2.47 bits per heavy atom. The second-order valence-electron chi connectivity index (χ2n) is 5.01. The first-order valence-electron chi connectivity index (χ1n) is 5.55. The molecule has 0 saturated carbocycles. The molecule has 0 spiro atoms. The molecule has 0 aliphatic carbocycles. The molecule has 0 bridgehead atoms. The van der Waals surface area contributed by atoms with Crippen molar-refractivity contribution in [2.45, 2.75) is 14.8 Å². The van der Waals surface area contributed by atoms with E-state index in [0.29, 0.717) is 0 Å². The number of hydrogen-bond donors (Lipinski definition) is 0. The van der Waals surface area contributed by atoms with Gasteiger partial charge in [0.25, 0.3) is 0 Å². The molecule has 0 aliphatic rings. The number of aromatic nitrogens is 2. The third kappa shape index (κ3) is 2.80. The molecule has 88 valence electrons. The fourth-order valence-electron chi connectivity index (χ4n) is 1.73. The van der Waals surface area contributed by atoms with Gasteiger partial charge in [0, 0.05) is 0 Å².